The van der Waals surface area contributed by atoms with Gasteiger partial charge in [-0.25, -0.2) is 4.39 Å². The van der Waals surface area contributed by atoms with Gasteiger partial charge in [0.25, 0.3) is 0 Å². The van der Waals surface area contributed by atoms with Gasteiger partial charge in [-0.2, -0.15) is 0 Å². The second kappa shape index (κ2) is 7.01. The summed E-state index contributed by atoms with van der Waals surface area (Å²) in [7, 11) is 0. The van der Waals surface area contributed by atoms with Crippen molar-refractivity contribution < 1.29 is 4.39 Å². The summed E-state index contributed by atoms with van der Waals surface area (Å²) in [5.41, 5.74) is 6.78. The quantitative estimate of drug-likeness (QED) is 0.895. The fourth-order valence-electron chi connectivity index (χ4n) is 3.27. The van der Waals surface area contributed by atoms with Crippen molar-refractivity contribution in [2.75, 3.05) is 13.1 Å². The van der Waals surface area contributed by atoms with E-state index in [-0.39, 0.29) is 11.9 Å². The molecule has 0 aliphatic carbocycles. The number of rotatable bonds is 3. The van der Waals surface area contributed by atoms with Crippen molar-refractivity contribution in [1.82, 2.24) is 4.90 Å². The maximum Gasteiger partial charge on any atom is 0.129 e. The molecular weight excluding hydrogens is 319 g/mol. The topological polar surface area (TPSA) is 29.3 Å². The summed E-state index contributed by atoms with van der Waals surface area (Å²) in [5, 5.41) is 0. The molecule has 1 aliphatic heterocycles. The number of nitrogens with zero attached hydrogens (tertiary/aromatic N) is 1. The van der Waals surface area contributed by atoms with Gasteiger partial charge in [-0.05, 0) is 57.8 Å². The van der Waals surface area contributed by atoms with Crippen molar-refractivity contribution in [2.45, 2.75) is 45.2 Å². The lowest BCUT2D eigenvalue weighted by Crippen LogP contribution is -2.40. The first kappa shape index (κ1) is 15.9. The molecule has 0 amide bonds. The van der Waals surface area contributed by atoms with E-state index in [1.807, 2.05) is 12.1 Å². The van der Waals surface area contributed by atoms with Crippen LogP contribution in [0.3, 0.4) is 0 Å². The van der Waals surface area contributed by atoms with Crippen molar-refractivity contribution in [3.63, 3.8) is 0 Å². The van der Waals surface area contributed by atoms with Gasteiger partial charge in [0.1, 0.15) is 5.82 Å². The summed E-state index contributed by atoms with van der Waals surface area (Å²) < 4.78 is 15.2. The first-order valence-corrected chi connectivity index (χ1v) is 8.24. The molecule has 112 valence electrons. The van der Waals surface area contributed by atoms with Crippen molar-refractivity contribution in [1.29, 1.82) is 0 Å². The number of likely N-dealkylation sites (tertiary alicyclic amines) is 1. The van der Waals surface area contributed by atoms with E-state index < -0.39 is 0 Å². The van der Waals surface area contributed by atoms with Gasteiger partial charge in [-0.15, -0.1) is 0 Å². The Kier molecular flexibility index (Phi) is 5.58. The van der Waals surface area contributed by atoms with E-state index in [0.29, 0.717) is 18.5 Å². The summed E-state index contributed by atoms with van der Waals surface area (Å²) in [6.45, 7) is 6.00. The highest BCUT2D eigenvalue weighted by Crippen LogP contribution is 2.37. The largest absolute Gasteiger partial charge is 0.330 e. The van der Waals surface area contributed by atoms with E-state index in [4.69, 9.17) is 5.73 Å². The molecule has 2 rings (SSSR count). The van der Waals surface area contributed by atoms with Gasteiger partial charge < -0.3 is 5.73 Å². The van der Waals surface area contributed by atoms with E-state index in [0.717, 1.165) is 23.0 Å². The number of nitrogens with two attached hydrogens (primary N) is 1. The van der Waals surface area contributed by atoms with Crippen LogP contribution in [0.25, 0.3) is 0 Å². The fraction of sp³-hybridized carbons (Fsp3) is 0.625. The highest BCUT2D eigenvalue weighted by molar-refractivity contribution is 9.10. The molecule has 1 aliphatic rings. The first-order chi connectivity index (χ1) is 9.54. The molecule has 0 saturated carbocycles. The molecule has 1 aromatic rings. The third-order valence-electron chi connectivity index (χ3n) is 4.29. The van der Waals surface area contributed by atoms with Crippen LogP contribution in [-0.2, 0) is 0 Å². The summed E-state index contributed by atoms with van der Waals surface area (Å²) in [6, 6.07) is 5.89. The Hall–Kier alpha value is -0.450. The van der Waals surface area contributed by atoms with Gasteiger partial charge in [-0.1, -0.05) is 28.4 Å². The molecule has 2 atom stereocenters. The second-order valence-corrected chi connectivity index (χ2v) is 6.85. The Morgan fingerprint density at radius 1 is 1.40 bits per heavy atom. The minimum Gasteiger partial charge on any atom is -0.330 e. The number of hydrogen-bond donors (Lipinski definition) is 1. The van der Waals surface area contributed by atoms with Crippen LogP contribution >= 0.6 is 15.9 Å². The highest BCUT2D eigenvalue weighted by Gasteiger charge is 2.33. The molecule has 2 nitrogen and oxygen atoms in total. The smallest absolute Gasteiger partial charge is 0.129 e. The molecule has 0 bridgehead atoms. The Morgan fingerprint density at radius 2 is 2.15 bits per heavy atom. The number of benzene rings is 1. The van der Waals surface area contributed by atoms with Gasteiger partial charge in [0.15, 0.2) is 0 Å². The first-order valence-electron chi connectivity index (χ1n) is 7.45. The molecule has 0 aromatic heterocycles. The maximum absolute atomic E-state index is 14.4. The van der Waals surface area contributed by atoms with Crippen LogP contribution in [0.1, 0.15) is 44.7 Å². The summed E-state index contributed by atoms with van der Waals surface area (Å²) in [6.07, 6.45) is 3.43. The standard InChI is InChI=1S/C16H24BrFN2/c1-11(2)20-8-4-3-5-12(10-19)16(20)14-7-6-13(17)9-15(14)18/h6-7,9,11-12,16H,3-5,8,10,19H2,1-2H3. The molecule has 0 radical (unpaired) electrons. The normalized spacial score (nSPS) is 24.9. The van der Waals surface area contributed by atoms with Gasteiger partial charge in [0, 0.05) is 22.1 Å². The lowest BCUT2D eigenvalue weighted by molar-refractivity contribution is 0.118. The van der Waals surface area contributed by atoms with Crippen LogP contribution in [0.2, 0.25) is 0 Å². The Morgan fingerprint density at radius 3 is 2.75 bits per heavy atom. The van der Waals surface area contributed by atoms with Crippen LogP contribution in [0.4, 0.5) is 4.39 Å². The zero-order chi connectivity index (χ0) is 14.7. The third-order valence-corrected chi connectivity index (χ3v) is 4.79. The van der Waals surface area contributed by atoms with Crippen molar-refractivity contribution in [2.24, 2.45) is 11.7 Å². The molecule has 4 heteroatoms. The van der Waals surface area contributed by atoms with Crippen LogP contribution < -0.4 is 5.73 Å². The zero-order valence-corrected chi connectivity index (χ0v) is 13.9. The van der Waals surface area contributed by atoms with Crippen LogP contribution in [0.5, 0.6) is 0 Å². The monoisotopic (exact) mass is 342 g/mol. The predicted molar refractivity (Wildman–Crippen MR) is 85.1 cm³/mol. The average Bonchev–Trinajstić information content (AvgIpc) is 2.61. The van der Waals surface area contributed by atoms with Crippen LogP contribution in [0, 0.1) is 11.7 Å². The van der Waals surface area contributed by atoms with E-state index >= 15 is 0 Å². The third kappa shape index (κ3) is 3.41. The van der Waals surface area contributed by atoms with E-state index in [2.05, 4.69) is 34.7 Å². The minimum absolute atomic E-state index is 0.0931. The van der Waals surface area contributed by atoms with Crippen molar-refractivity contribution in [3.8, 4) is 0 Å². The van der Waals surface area contributed by atoms with Gasteiger partial charge in [-0.3, -0.25) is 4.90 Å². The van der Waals surface area contributed by atoms with Crippen LogP contribution in [-0.4, -0.2) is 24.0 Å². The van der Waals surface area contributed by atoms with E-state index in [9.17, 15) is 4.39 Å². The Bertz CT molecular complexity index is 450. The Labute approximate surface area is 129 Å². The van der Waals surface area contributed by atoms with E-state index in [1.54, 1.807) is 6.07 Å². The lowest BCUT2D eigenvalue weighted by Gasteiger charge is -2.38. The van der Waals surface area contributed by atoms with Crippen LogP contribution in [0.15, 0.2) is 22.7 Å². The molecule has 2 unspecified atom stereocenters. The molecule has 2 N–H and O–H groups in total. The fourth-order valence-corrected chi connectivity index (χ4v) is 3.60. The molecule has 20 heavy (non-hydrogen) atoms. The average molecular weight is 343 g/mol. The number of halogens is 2. The SMILES string of the molecule is CC(C)N1CCCCC(CN)C1c1ccc(Br)cc1F. The second-order valence-electron chi connectivity index (χ2n) is 5.93. The summed E-state index contributed by atoms with van der Waals surface area (Å²) in [5.74, 6) is 0.200. The van der Waals surface area contributed by atoms with Gasteiger partial charge in [0.05, 0.1) is 0 Å². The maximum atomic E-state index is 14.4. The zero-order valence-electron chi connectivity index (χ0n) is 12.3. The van der Waals surface area contributed by atoms with Crippen molar-refractivity contribution >= 4 is 15.9 Å². The molecule has 1 heterocycles. The number of hydrogen-bond acceptors (Lipinski definition) is 2. The highest BCUT2D eigenvalue weighted by atomic mass is 79.9. The molecule has 1 aromatic carbocycles. The molecule has 0 spiro atoms. The lowest BCUT2D eigenvalue weighted by atomic mass is 9.88. The molecular formula is C16H24BrFN2. The minimum atomic E-state index is -0.129. The molecule has 1 saturated heterocycles. The van der Waals surface area contributed by atoms with Gasteiger partial charge in [0.2, 0.25) is 0 Å². The summed E-state index contributed by atoms with van der Waals surface area (Å²) >= 11 is 3.33. The molecule has 1 fully saturated rings. The predicted octanol–water partition coefficient (Wildman–Crippen LogP) is 4.10. The summed E-state index contributed by atoms with van der Waals surface area (Å²) in [4.78, 5) is 2.41. The Balaban J connectivity index is 2.43. The van der Waals surface area contributed by atoms with E-state index in [1.165, 1.54) is 12.8 Å². The van der Waals surface area contributed by atoms with Gasteiger partial charge >= 0.3 is 0 Å². The van der Waals surface area contributed by atoms with Crippen molar-refractivity contribution in [3.05, 3.63) is 34.1 Å².